The molecule has 0 unspecified atom stereocenters. The van der Waals surface area contributed by atoms with Crippen molar-refractivity contribution in [2.24, 2.45) is 0 Å². The molecule has 36 heavy (non-hydrogen) atoms. The van der Waals surface area contributed by atoms with Gasteiger partial charge < -0.3 is 9.64 Å². The Morgan fingerprint density at radius 1 is 1.03 bits per heavy atom. The normalized spacial score (nSPS) is 11.3. The summed E-state index contributed by atoms with van der Waals surface area (Å²) in [5, 5.41) is 0. The van der Waals surface area contributed by atoms with Crippen LogP contribution >= 0.6 is 0 Å². The molecule has 0 aliphatic heterocycles. The van der Waals surface area contributed by atoms with Crippen LogP contribution in [0.2, 0.25) is 0 Å². The number of imidazole rings is 1. The lowest BCUT2D eigenvalue weighted by Crippen LogP contribution is -2.31. The van der Waals surface area contributed by atoms with Crippen LogP contribution < -0.4 is 15.3 Å². The number of ether oxygens (including phenoxy) is 1. The summed E-state index contributed by atoms with van der Waals surface area (Å²) in [7, 11) is 4.47. The lowest BCUT2D eigenvalue weighted by Gasteiger charge is -2.20. The SMILES string of the molecule is Cc1cc(C(F)(F)F)cc(-n2ccn(CCC(=O)N(C)C)c2=O)c1OC(=O)N(C)c1ccc(F)cc1. The van der Waals surface area contributed by atoms with Crippen LogP contribution in [0.5, 0.6) is 5.75 Å². The Morgan fingerprint density at radius 3 is 2.25 bits per heavy atom. The maximum atomic E-state index is 13.5. The first-order valence-corrected chi connectivity index (χ1v) is 10.7. The highest BCUT2D eigenvalue weighted by molar-refractivity contribution is 5.89. The summed E-state index contributed by atoms with van der Waals surface area (Å²) in [5.41, 5.74) is -1.82. The molecule has 0 bridgehead atoms. The third kappa shape index (κ3) is 5.75. The second-order valence-electron chi connectivity index (χ2n) is 8.22. The summed E-state index contributed by atoms with van der Waals surface area (Å²) in [6.45, 7) is 1.32. The Balaban J connectivity index is 2.02. The molecule has 3 rings (SSSR count). The number of hydrogen-bond donors (Lipinski definition) is 0. The number of nitrogens with zero attached hydrogens (tertiary/aromatic N) is 4. The van der Waals surface area contributed by atoms with Gasteiger partial charge >= 0.3 is 18.0 Å². The van der Waals surface area contributed by atoms with Crippen molar-refractivity contribution in [1.29, 1.82) is 0 Å². The first-order chi connectivity index (χ1) is 16.8. The van der Waals surface area contributed by atoms with E-state index in [1.807, 2.05) is 0 Å². The van der Waals surface area contributed by atoms with E-state index < -0.39 is 29.3 Å². The molecule has 3 aromatic rings. The second-order valence-corrected chi connectivity index (χ2v) is 8.22. The minimum Gasteiger partial charge on any atom is -0.407 e. The Hall–Kier alpha value is -4.09. The zero-order chi connectivity index (χ0) is 26.8. The number of aryl methyl sites for hydroxylation is 2. The molecular weight excluding hydrogens is 484 g/mol. The number of carbonyl (C=O) groups is 2. The Bertz CT molecular complexity index is 1330. The van der Waals surface area contributed by atoms with Crippen LogP contribution in [0.1, 0.15) is 17.5 Å². The standard InChI is InChI=1S/C24H24F4N4O4/c1-15-13-16(24(26,27)28)14-19(32-12-11-31(22(32)34)10-9-20(33)29(2)3)21(15)36-23(35)30(4)18-7-5-17(25)6-8-18/h5-8,11-14H,9-10H2,1-4H3. The van der Waals surface area contributed by atoms with Gasteiger partial charge in [0.05, 0.1) is 11.3 Å². The van der Waals surface area contributed by atoms with Crippen molar-refractivity contribution in [3.63, 3.8) is 0 Å². The largest absolute Gasteiger partial charge is 0.419 e. The van der Waals surface area contributed by atoms with Gasteiger partial charge in [-0.25, -0.2) is 14.0 Å². The Morgan fingerprint density at radius 2 is 1.67 bits per heavy atom. The van der Waals surface area contributed by atoms with Crippen LogP contribution in [0.15, 0.2) is 53.6 Å². The second kappa shape index (κ2) is 10.3. The van der Waals surface area contributed by atoms with Gasteiger partial charge in [-0.05, 0) is 48.9 Å². The maximum Gasteiger partial charge on any atom is 0.419 e. The molecule has 1 heterocycles. The van der Waals surface area contributed by atoms with E-state index in [0.717, 1.165) is 27.7 Å². The molecule has 0 aliphatic rings. The predicted octanol–water partition coefficient (Wildman–Crippen LogP) is 4.22. The molecule has 8 nitrogen and oxygen atoms in total. The van der Waals surface area contributed by atoms with Crippen molar-refractivity contribution in [2.45, 2.75) is 26.1 Å². The van der Waals surface area contributed by atoms with Crippen molar-refractivity contribution in [2.75, 3.05) is 26.0 Å². The maximum absolute atomic E-state index is 13.5. The number of hydrogen-bond acceptors (Lipinski definition) is 4. The fraction of sp³-hybridized carbons (Fsp3) is 0.292. The highest BCUT2D eigenvalue weighted by Gasteiger charge is 2.33. The van der Waals surface area contributed by atoms with Gasteiger partial charge in [-0.15, -0.1) is 0 Å². The molecule has 0 atom stereocenters. The highest BCUT2D eigenvalue weighted by Crippen LogP contribution is 2.36. The van der Waals surface area contributed by atoms with Gasteiger partial charge in [0.25, 0.3) is 0 Å². The monoisotopic (exact) mass is 508 g/mol. The number of rotatable bonds is 6. The Kier molecular flexibility index (Phi) is 7.56. The summed E-state index contributed by atoms with van der Waals surface area (Å²) in [6.07, 6.45) is -3.12. The first-order valence-electron chi connectivity index (χ1n) is 10.7. The van der Waals surface area contributed by atoms with Gasteiger partial charge in [-0.1, -0.05) is 0 Å². The summed E-state index contributed by atoms with van der Waals surface area (Å²) in [5.74, 6) is -1.01. The zero-order valence-electron chi connectivity index (χ0n) is 20.0. The van der Waals surface area contributed by atoms with Crippen molar-refractivity contribution in [3.05, 3.63) is 76.2 Å². The van der Waals surface area contributed by atoms with Gasteiger partial charge in [0.2, 0.25) is 5.91 Å². The smallest absolute Gasteiger partial charge is 0.407 e. The Labute approximate surface area is 203 Å². The van der Waals surface area contributed by atoms with E-state index in [1.165, 1.54) is 48.0 Å². The quantitative estimate of drug-likeness (QED) is 0.468. The summed E-state index contributed by atoms with van der Waals surface area (Å²) in [6, 6.07) is 6.45. The van der Waals surface area contributed by atoms with E-state index in [9.17, 15) is 31.9 Å². The van der Waals surface area contributed by atoms with Crippen LogP contribution in [0.4, 0.5) is 28.0 Å². The molecule has 2 aromatic carbocycles. The molecule has 0 spiro atoms. The lowest BCUT2D eigenvalue weighted by atomic mass is 10.1. The molecule has 1 aromatic heterocycles. The minimum atomic E-state index is -4.72. The number of alkyl halides is 3. The third-order valence-electron chi connectivity index (χ3n) is 5.43. The van der Waals surface area contributed by atoms with E-state index in [0.29, 0.717) is 6.07 Å². The topological polar surface area (TPSA) is 76.8 Å². The van der Waals surface area contributed by atoms with E-state index >= 15 is 0 Å². The van der Waals surface area contributed by atoms with Crippen LogP contribution in [0.3, 0.4) is 0 Å². The fourth-order valence-corrected chi connectivity index (χ4v) is 3.36. The van der Waals surface area contributed by atoms with Crippen LogP contribution in [-0.4, -0.2) is 47.2 Å². The molecular formula is C24H24F4N4O4. The number of carbonyl (C=O) groups excluding carboxylic acids is 2. The van der Waals surface area contributed by atoms with Crippen LogP contribution in [0, 0.1) is 12.7 Å². The molecule has 0 fully saturated rings. The summed E-state index contributed by atoms with van der Waals surface area (Å²) >= 11 is 0. The van der Waals surface area contributed by atoms with Gasteiger partial charge in [0.1, 0.15) is 5.82 Å². The number of benzene rings is 2. The molecule has 12 heteroatoms. The molecule has 0 saturated carbocycles. The van der Waals surface area contributed by atoms with E-state index in [1.54, 1.807) is 14.1 Å². The average molecular weight is 508 g/mol. The van der Waals surface area contributed by atoms with Gasteiger partial charge in [-0.3, -0.25) is 18.8 Å². The first kappa shape index (κ1) is 26.5. The molecule has 0 saturated heterocycles. The van der Waals surface area contributed by atoms with Crippen LogP contribution in [0.25, 0.3) is 5.69 Å². The molecule has 2 amide bonds. The summed E-state index contributed by atoms with van der Waals surface area (Å²) in [4.78, 5) is 40.1. The zero-order valence-corrected chi connectivity index (χ0v) is 20.0. The molecule has 0 aliphatic carbocycles. The highest BCUT2D eigenvalue weighted by atomic mass is 19.4. The number of halogens is 4. The molecule has 0 radical (unpaired) electrons. The van der Waals surface area contributed by atoms with Crippen molar-refractivity contribution in [1.82, 2.24) is 14.0 Å². The van der Waals surface area contributed by atoms with Crippen molar-refractivity contribution in [3.8, 4) is 11.4 Å². The van der Waals surface area contributed by atoms with Gasteiger partial charge in [0.15, 0.2) is 5.75 Å². The fourth-order valence-electron chi connectivity index (χ4n) is 3.36. The van der Waals surface area contributed by atoms with E-state index in [4.69, 9.17) is 4.74 Å². The minimum absolute atomic E-state index is 0.00282. The average Bonchev–Trinajstić information content (AvgIpc) is 3.17. The number of amides is 2. The van der Waals surface area contributed by atoms with Crippen molar-refractivity contribution >= 4 is 17.7 Å². The van der Waals surface area contributed by atoms with Crippen molar-refractivity contribution < 1.29 is 31.9 Å². The van der Waals surface area contributed by atoms with E-state index in [2.05, 4.69) is 0 Å². The van der Waals surface area contributed by atoms with Crippen LogP contribution in [-0.2, 0) is 17.5 Å². The summed E-state index contributed by atoms with van der Waals surface area (Å²) < 4.78 is 61.4. The lowest BCUT2D eigenvalue weighted by molar-refractivity contribution is -0.137. The number of anilines is 1. The third-order valence-corrected chi connectivity index (χ3v) is 5.43. The number of aromatic nitrogens is 2. The van der Waals surface area contributed by atoms with Gasteiger partial charge in [-0.2, -0.15) is 13.2 Å². The van der Waals surface area contributed by atoms with E-state index in [-0.39, 0.29) is 41.6 Å². The van der Waals surface area contributed by atoms with Gasteiger partial charge in [0, 0.05) is 52.2 Å². The molecule has 192 valence electrons. The predicted molar refractivity (Wildman–Crippen MR) is 124 cm³/mol. The molecule has 0 N–H and O–H groups in total.